The second kappa shape index (κ2) is 9.36. The van der Waals surface area contributed by atoms with Crippen molar-refractivity contribution in [1.82, 2.24) is 15.0 Å². The number of rotatable bonds is 7. The highest BCUT2D eigenvalue weighted by Gasteiger charge is 2.19. The Morgan fingerprint density at radius 1 is 1.12 bits per heavy atom. The Morgan fingerprint density at radius 3 is 2.47 bits per heavy atom. The largest absolute Gasteiger partial charge is 0.495 e. The molecule has 11 heteroatoms. The van der Waals surface area contributed by atoms with E-state index in [2.05, 4.69) is 15.5 Å². The fraction of sp³-hybridized carbons (Fsp3) is 0.174. The van der Waals surface area contributed by atoms with Gasteiger partial charge in [0.05, 0.1) is 29.4 Å². The van der Waals surface area contributed by atoms with Crippen LogP contribution in [0.3, 0.4) is 0 Å². The third-order valence-corrected chi connectivity index (χ3v) is 5.35. The summed E-state index contributed by atoms with van der Waals surface area (Å²) in [5.74, 6) is 0.150. The minimum Gasteiger partial charge on any atom is -0.495 e. The summed E-state index contributed by atoms with van der Waals surface area (Å²) < 4.78 is 10.4. The van der Waals surface area contributed by atoms with Crippen molar-refractivity contribution >= 4 is 39.9 Å². The van der Waals surface area contributed by atoms with Crippen LogP contribution in [0.4, 0.5) is 11.4 Å². The summed E-state index contributed by atoms with van der Waals surface area (Å²) in [4.78, 5) is 25.1. The second-order valence-corrected chi connectivity index (χ2v) is 7.70. The summed E-state index contributed by atoms with van der Waals surface area (Å²) in [6.07, 6.45) is 0. The van der Waals surface area contributed by atoms with E-state index in [4.69, 9.17) is 21.1 Å². The highest BCUT2D eigenvalue weighted by Crippen LogP contribution is 2.30. The predicted molar refractivity (Wildman–Crippen MR) is 127 cm³/mol. The van der Waals surface area contributed by atoms with Crippen LogP contribution in [0.1, 0.15) is 22.8 Å². The number of ether oxygens (including phenoxy) is 2. The number of aryl methyl sites for hydroxylation is 1. The predicted octanol–water partition coefficient (Wildman–Crippen LogP) is 4.95. The molecule has 0 spiro atoms. The maximum absolute atomic E-state index is 12.8. The van der Waals surface area contributed by atoms with Gasteiger partial charge < -0.3 is 14.8 Å². The first-order valence-electron chi connectivity index (χ1n) is 10.2. The molecule has 4 aromatic rings. The van der Waals surface area contributed by atoms with Gasteiger partial charge >= 0.3 is 5.69 Å². The number of hydrogen-bond donors (Lipinski definition) is 1. The molecule has 0 saturated carbocycles. The zero-order valence-corrected chi connectivity index (χ0v) is 19.3. The molecule has 1 heterocycles. The lowest BCUT2D eigenvalue weighted by atomic mass is 10.1. The number of benzene rings is 3. The number of hydrogen-bond acceptors (Lipinski definition) is 7. The minimum absolute atomic E-state index is 0.108. The van der Waals surface area contributed by atoms with Crippen molar-refractivity contribution in [2.24, 2.45) is 0 Å². The number of methoxy groups -OCH3 is 1. The zero-order valence-electron chi connectivity index (χ0n) is 18.5. The topological polar surface area (TPSA) is 121 Å². The quantitative estimate of drug-likeness (QED) is 0.292. The molecule has 34 heavy (non-hydrogen) atoms. The van der Waals surface area contributed by atoms with Crippen LogP contribution in [0.2, 0.25) is 5.02 Å². The number of amides is 1. The van der Waals surface area contributed by atoms with E-state index in [0.717, 1.165) is 5.56 Å². The van der Waals surface area contributed by atoms with E-state index in [0.29, 0.717) is 33.2 Å². The fourth-order valence-corrected chi connectivity index (χ4v) is 3.62. The Morgan fingerprint density at radius 2 is 1.82 bits per heavy atom. The average Bonchev–Trinajstić information content (AvgIpc) is 3.22. The fourth-order valence-electron chi connectivity index (χ4n) is 3.37. The van der Waals surface area contributed by atoms with Crippen LogP contribution >= 0.6 is 11.6 Å². The molecule has 0 radical (unpaired) electrons. The molecule has 0 aliphatic carbocycles. The third kappa shape index (κ3) is 4.48. The SMILES string of the molecule is CCOc1ccc(C(=O)Nc2cc3nn(-c4ccc(OC)c(Cl)c4)nc3cc2C)cc1[N+](=O)[O-]. The minimum atomic E-state index is -0.581. The number of nitro groups is 1. The van der Waals surface area contributed by atoms with Crippen molar-refractivity contribution in [2.45, 2.75) is 13.8 Å². The van der Waals surface area contributed by atoms with Crippen LogP contribution in [0.25, 0.3) is 16.7 Å². The highest BCUT2D eigenvalue weighted by molar-refractivity contribution is 6.32. The van der Waals surface area contributed by atoms with E-state index in [1.165, 1.54) is 30.1 Å². The van der Waals surface area contributed by atoms with Crippen LogP contribution in [0.5, 0.6) is 11.5 Å². The number of nitro benzene ring substituents is 1. The molecule has 3 aromatic carbocycles. The van der Waals surface area contributed by atoms with E-state index in [1.54, 1.807) is 37.3 Å². The Hall–Kier alpha value is -4.18. The molecular weight excluding hydrogens is 462 g/mol. The number of nitrogens with zero attached hydrogens (tertiary/aromatic N) is 4. The van der Waals surface area contributed by atoms with Crippen molar-refractivity contribution in [3.8, 4) is 17.2 Å². The summed E-state index contributed by atoms with van der Waals surface area (Å²) in [6.45, 7) is 3.82. The molecule has 0 aliphatic rings. The van der Waals surface area contributed by atoms with Gasteiger partial charge in [-0.2, -0.15) is 4.80 Å². The van der Waals surface area contributed by atoms with E-state index in [9.17, 15) is 14.9 Å². The number of aromatic nitrogens is 3. The summed E-state index contributed by atoms with van der Waals surface area (Å²) in [7, 11) is 1.53. The van der Waals surface area contributed by atoms with E-state index >= 15 is 0 Å². The van der Waals surface area contributed by atoms with Crippen LogP contribution in [0.15, 0.2) is 48.5 Å². The molecule has 4 rings (SSSR count). The van der Waals surface area contributed by atoms with Crippen LogP contribution in [-0.4, -0.2) is 39.5 Å². The molecule has 0 saturated heterocycles. The molecule has 0 unspecified atom stereocenters. The molecule has 1 aromatic heterocycles. The number of halogens is 1. The Bertz CT molecular complexity index is 1420. The van der Waals surface area contributed by atoms with Crippen molar-refractivity contribution in [2.75, 3.05) is 19.0 Å². The van der Waals surface area contributed by atoms with Gasteiger partial charge in [0.25, 0.3) is 5.91 Å². The van der Waals surface area contributed by atoms with Crippen molar-refractivity contribution < 1.29 is 19.2 Å². The van der Waals surface area contributed by atoms with Crippen LogP contribution < -0.4 is 14.8 Å². The van der Waals surface area contributed by atoms with Gasteiger partial charge in [0.2, 0.25) is 0 Å². The molecule has 1 N–H and O–H groups in total. The van der Waals surface area contributed by atoms with Gasteiger partial charge in [0, 0.05) is 17.3 Å². The van der Waals surface area contributed by atoms with Crippen molar-refractivity contribution in [1.29, 1.82) is 0 Å². The molecule has 0 fully saturated rings. The van der Waals surface area contributed by atoms with Gasteiger partial charge in [-0.1, -0.05) is 11.6 Å². The monoisotopic (exact) mass is 481 g/mol. The first-order valence-corrected chi connectivity index (χ1v) is 10.6. The van der Waals surface area contributed by atoms with E-state index < -0.39 is 10.8 Å². The normalized spacial score (nSPS) is 10.8. The first-order chi connectivity index (χ1) is 16.3. The summed E-state index contributed by atoms with van der Waals surface area (Å²) in [6, 6.07) is 12.8. The third-order valence-electron chi connectivity index (χ3n) is 5.06. The van der Waals surface area contributed by atoms with Crippen LogP contribution in [-0.2, 0) is 0 Å². The van der Waals surface area contributed by atoms with Crippen molar-refractivity contribution in [3.63, 3.8) is 0 Å². The van der Waals surface area contributed by atoms with E-state index in [1.807, 2.05) is 6.92 Å². The second-order valence-electron chi connectivity index (χ2n) is 7.29. The molecule has 0 atom stereocenters. The number of anilines is 1. The van der Waals surface area contributed by atoms with Gasteiger partial charge in [-0.05, 0) is 61.9 Å². The zero-order chi connectivity index (χ0) is 24.4. The lowest BCUT2D eigenvalue weighted by molar-refractivity contribution is -0.385. The summed E-state index contributed by atoms with van der Waals surface area (Å²) in [5.41, 5.74) is 2.93. The van der Waals surface area contributed by atoms with Gasteiger partial charge in [0.15, 0.2) is 5.75 Å². The van der Waals surface area contributed by atoms with Gasteiger partial charge in [0.1, 0.15) is 16.8 Å². The van der Waals surface area contributed by atoms with Gasteiger partial charge in [-0.3, -0.25) is 14.9 Å². The lowest BCUT2D eigenvalue weighted by Gasteiger charge is -2.09. The molecule has 0 bridgehead atoms. The number of fused-ring (bicyclic) bond motifs is 1. The van der Waals surface area contributed by atoms with Crippen molar-refractivity contribution in [3.05, 3.63) is 74.8 Å². The Labute approximate surface area is 199 Å². The standard InChI is InChI=1S/C23H20ClN5O5/c1-4-34-22-7-5-14(10-20(22)29(31)32)23(30)25-17-12-19-18(9-13(17)2)26-28(27-19)15-6-8-21(33-3)16(24)11-15/h5-12H,4H2,1-3H3,(H,25,30). The number of carbonyl (C=O) groups is 1. The van der Waals surface area contributed by atoms with E-state index in [-0.39, 0.29) is 23.6 Å². The smallest absolute Gasteiger partial charge is 0.311 e. The maximum Gasteiger partial charge on any atom is 0.311 e. The van der Waals surface area contributed by atoms with Crippen LogP contribution in [0, 0.1) is 17.0 Å². The first kappa shape index (κ1) is 23.0. The van der Waals surface area contributed by atoms with Gasteiger partial charge in [-0.15, -0.1) is 10.2 Å². The molecule has 174 valence electrons. The molecule has 1 amide bonds. The van der Waals surface area contributed by atoms with Gasteiger partial charge in [-0.25, -0.2) is 0 Å². The molecule has 0 aliphatic heterocycles. The summed E-state index contributed by atoms with van der Waals surface area (Å²) >= 11 is 6.21. The maximum atomic E-state index is 12.8. The Balaban J connectivity index is 1.63. The Kier molecular flexibility index (Phi) is 6.33. The number of carbonyl (C=O) groups excluding carboxylic acids is 1. The highest BCUT2D eigenvalue weighted by atomic mass is 35.5. The summed E-state index contributed by atoms with van der Waals surface area (Å²) in [5, 5.41) is 23.5. The number of nitrogens with one attached hydrogen (secondary N) is 1. The molecule has 10 nitrogen and oxygen atoms in total. The molecular formula is C23H20ClN5O5. The average molecular weight is 482 g/mol. The lowest BCUT2D eigenvalue weighted by Crippen LogP contribution is -2.13.